The van der Waals surface area contributed by atoms with Gasteiger partial charge in [-0.15, -0.1) is 0 Å². The lowest BCUT2D eigenvalue weighted by Gasteiger charge is -2.10. The van der Waals surface area contributed by atoms with Gasteiger partial charge in [0.2, 0.25) is 21.6 Å². The van der Waals surface area contributed by atoms with Gasteiger partial charge in [0.25, 0.3) is 0 Å². The van der Waals surface area contributed by atoms with Crippen molar-refractivity contribution in [3.8, 4) is 11.5 Å². The van der Waals surface area contributed by atoms with Crippen LogP contribution in [0.4, 0.5) is 11.4 Å². The van der Waals surface area contributed by atoms with Crippen molar-refractivity contribution in [3.05, 3.63) is 108 Å². The number of ether oxygens (including phenoxy) is 4. The molecule has 0 aromatic heterocycles. The average Bonchev–Trinajstić information content (AvgIpc) is 2.99. The first kappa shape index (κ1) is 27.4. The minimum Gasteiger partial charge on any atom is -0.496 e. The van der Waals surface area contributed by atoms with Crippen molar-refractivity contribution < 1.29 is 27.4 Å². The van der Waals surface area contributed by atoms with Crippen molar-refractivity contribution in [1.82, 2.24) is 0 Å². The monoisotopic (exact) mass is 544 g/mol. The molecule has 0 aliphatic heterocycles. The van der Waals surface area contributed by atoms with Crippen molar-refractivity contribution >= 4 is 33.0 Å². The molecule has 0 unspecified atom stereocenters. The van der Waals surface area contributed by atoms with Crippen LogP contribution in [0.15, 0.2) is 117 Å². The molecule has 0 N–H and O–H groups in total. The van der Waals surface area contributed by atoms with Crippen LogP contribution in [0.3, 0.4) is 0 Å². The number of benzene rings is 4. The molecular weight excluding hydrogens is 516 g/mol. The number of methoxy groups -OCH3 is 4. The van der Waals surface area contributed by atoms with Gasteiger partial charge in [-0.2, -0.15) is 0 Å². The van der Waals surface area contributed by atoms with Crippen molar-refractivity contribution in [2.24, 2.45) is 9.98 Å². The molecule has 0 heterocycles. The highest BCUT2D eigenvalue weighted by molar-refractivity contribution is 7.91. The summed E-state index contributed by atoms with van der Waals surface area (Å²) in [6, 6.07) is 27.2. The lowest BCUT2D eigenvalue weighted by molar-refractivity contribution is 0.390. The molecule has 0 aliphatic carbocycles. The topological polar surface area (TPSA) is 95.8 Å². The van der Waals surface area contributed by atoms with Crippen molar-refractivity contribution in [2.45, 2.75) is 9.79 Å². The Morgan fingerprint density at radius 2 is 0.897 bits per heavy atom. The predicted octanol–water partition coefficient (Wildman–Crippen LogP) is 5.99. The zero-order valence-corrected chi connectivity index (χ0v) is 22.8. The zero-order valence-electron chi connectivity index (χ0n) is 22.0. The Morgan fingerprint density at radius 1 is 0.538 bits per heavy atom. The van der Waals surface area contributed by atoms with E-state index in [2.05, 4.69) is 9.98 Å². The third-order valence-corrected chi connectivity index (χ3v) is 7.60. The predicted molar refractivity (Wildman–Crippen MR) is 151 cm³/mol. The molecule has 0 radical (unpaired) electrons. The van der Waals surface area contributed by atoms with Crippen molar-refractivity contribution in [1.29, 1.82) is 0 Å². The third-order valence-electron chi connectivity index (χ3n) is 5.82. The van der Waals surface area contributed by atoms with Gasteiger partial charge in [-0.1, -0.05) is 24.3 Å². The summed E-state index contributed by atoms with van der Waals surface area (Å²) < 4.78 is 48.2. The molecule has 4 aromatic rings. The van der Waals surface area contributed by atoms with E-state index in [0.29, 0.717) is 45.8 Å². The maximum atomic E-state index is 13.3. The summed E-state index contributed by atoms with van der Waals surface area (Å²) in [5, 5.41) is 0. The van der Waals surface area contributed by atoms with Crippen LogP contribution < -0.4 is 9.47 Å². The van der Waals surface area contributed by atoms with E-state index in [-0.39, 0.29) is 9.79 Å². The molecule has 0 amide bonds. The van der Waals surface area contributed by atoms with Gasteiger partial charge in [0.1, 0.15) is 11.5 Å². The Kier molecular flexibility index (Phi) is 8.63. The third kappa shape index (κ3) is 6.10. The van der Waals surface area contributed by atoms with Crippen LogP contribution in [0.1, 0.15) is 11.1 Å². The van der Waals surface area contributed by atoms with E-state index < -0.39 is 9.84 Å². The summed E-state index contributed by atoms with van der Waals surface area (Å²) in [7, 11) is 2.41. The number of aliphatic imine (C=N–C) groups is 2. The van der Waals surface area contributed by atoms with Gasteiger partial charge in [0.15, 0.2) is 0 Å². The Balaban J connectivity index is 1.58. The van der Waals surface area contributed by atoms with Gasteiger partial charge in [0, 0.05) is 0 Å². The molecule has 4 rings (SSSR count). The quantitative estimate of drug-likeness (QED) is 0.200. The number of hydrogen-bond acceptors (Lipinski definition) is 8. The lowest BCUT2D eigenvalue weighted by Crippen LogP contribution is -2.06. The number of para-hydroxylation sites is 2. The van der Waals surface area contributed by atoms with E-state index in [1.54, 1.807) is 38.5 Å². The zero-order chi connectivity index (χ0) is 27.8. The van der Waals surface area contributed by atoms with E-state index in [4.69, 9.17) is 18.9 Å². The first-order valence-corrected chi connectivity index (χ1v) is 13.4. The smallest absolute Gasteiger partial charge is 0.224 e. The fourth-order valence-corrected chi connectivity index (χ4v) is 5.11. The molecule has 0 saturated carbocycles. The normalized spacial score (nSPS) is 12.1. The van der Waals surface area contributed by atoms with Gasteiger partial charge in [-0.3, -0.25) is 0 Å². The first-order valence-electron chi connectivity index (χ1n) is 11.9. The van der Waals surface area contributed by atoms with Crippen LogP contribution in [0.5, 0.6) is 11.5 Å². The molecule has 200 valence electrons. The highest BCUT2D eigenvalue weighted by Gasteiger charge is 2.18. The number of rotatable bonds is 8. The molecule has 4 aromatic carbocycles. The maximum absolute atomic E-state index is 13.3. The van der Waals surface area contributed by atoms with E-state index in [0.717, 1.165) is 0 Å². The molecule has 39 heavy (non-hydrogen) atoms. The molecule has 0 atom stereocenters. The largest absolute Gasteiger partial charge is 0.496 e. The van der Waals surface area contributed by atoms with Gasteiger partial charge in [-0.05, 0) is 72.8 Å². The van der Waals surface area contributed by atoms with Crippen LogP contribution >= 0.6 is 0 Å². The fourth-order valence-electron chi connectivity index (χ4n) is 3.84. The van der Waals surface area contributed by atoms with Crippen LogP contribution in [0.25, 0.3) is 0 Å². The van der Waals surface area contributed by atoms with E-state index >= 15 is 0 Å². The van der Waals surface area contributed by atoms with Crippen LogP contribution in [-0.2, 0) is 19.3 Å². The second-order valence-electron chi connectivity index (χ2n) is 8.13. The summed E-state index contributed by atoms with van der Waals surface area (Å²) in [6.07, 6.45) is 0. The van der Waals surface area contributed by atoms with Gasteiger partial charge in [-0.25, -0.2) is 18.4 Å². The standard InChI is InChI=1S/C30H28N2O6S/c1-35-27-11-7-5-9-25(27)29(37-3)31-21-13-17-23(18-14-21)39(33,34)24-19-15-22(16-20-24)32-30(38-4)26-10-6-8-12-28(26)36-2/h5-20H,1-4H3/b31-29-,32-30-. The lowest BCUT2D eigenvalue weighted by atomic mass is 10.2. The Morgan fingerprint density at radius 3 is 1.23 bits per heavy atom. The molecule has 0 saturated heterocycles. The average molecular weight is 545 g/mol. The molecule has 0 spiro atoms. The summed E-state index contributed by atoms with van der Waals surface area (Å²) in [4.78, 5) is 9.32. The minimum absolute atomic E-state index is 0.139. The number of sulfone groups is 1. The first-order chi connectivity index (χ1) is 18.9. The number of nitrogens with zero attached hydrogens (tertiary/aromatic N) is 2. The summed E-state index contributed by atoms with van der Waals surface area (Å²) in [5.74, 6) is 1.93. The highest BCUT2D eigenvalue weighted by Crippen LogP contribution is 2.28. The molecule has 9 heteroatoms. The second-order valence-corrected chi connectivity index (χ2v) is 10.1. The second kappa shape index (κ2) is 12.3. The molecule has 8 nitrogen and oxygen atoms in total. The van der Waals surface area contributed by atoms with Crippen LogP contribution in [0.2, 0.25) is 0 Å². The Bertz CT molecular complexity index is 1480. The summed E-state index contributed by atoms with van der Waals surface area (Å²) in [6.45, 7) is 0. The van der Waals surface area contributed by atoms with Gasteiger partial charge in [0.05, 0.1) is 60.7 Å². The van der Waals surface area contributed by atoms with Crippen LogP contribution in [-0.4, -0.2) is 48.7 Å². The minimum atomic E-state index is -3.77. The molecule has 0 aliphatic rings. The molecule has 0 bridgehead atoms. The Labute approximate surface area is 228 Å². The van der Waals surface area contributed by atoms with Crippen LogP contribution in [0, 0.1) is 0 Å². The Hall–Kier alpha value is -4.63. The van der Waals surface area contributed by atoms with E-state index in [1.807, 2.05) is 48.5 Å². The maximum Gasteiger partial charge on any atom is 0.224 e. The van der Waals surface area contributed by atoms with E-state index in [9.17, 15) is 8.42 Å². The molecular formula is C30H28N2O6S. The summed E-state index contributed by atoms with van der Waals surface area (Å²) in [5.41, 5.74) is 2.43. The van der Waals surface area contributed by atoms with Gasteiger partial charge >= 0.3 is 0 Å². The fraction of sp³-hybridized carbons (Fsp3) is 0.133. The molecule has 0 fully saturated rings. The van der Waals surface area contributed by atoms with E-state index in [1.165, 1.54) is 38.5 Å². The highest BCUT2D eigenvalue weighted by atomic mass is 32.2. The summed E-state index contributed by atoms with van der Waals surface area (Å²) >= 11 is 0. The van der Waals surface area contributed by atoms with Crippen molar-refractivity contribution in [3.63, 3.8) is 0 Å². The SMILES string of the molecule is CO/C(=N\c1ccc(S(=O)(=O)c2ccc(/N=C(\OC)c3ccccc3OC)cc2)cc1)c1ccccc1OC. The number of hydrogen-bond donors (Lipinski definition) is 0. The van der Waals surface area contributed by atoms with Crippen molar-refractivity contribution in [2.75, 3.05) is 28.4 Å². The van der Waals surface area contributed by atoms with Gasteiger partial charge < -0.3 is 18.9 Å².